The molecule has 0 aliphatic heterocycles. The highest BCUT2D eigenvalue weighted by Gasteiger charge is 2.18. The quantitative estimate of drug-likeness (QED) is 0.939. The number of nitrogens with zero attached hydrogens (tertiary/aromatic N) is 2. The van der Waals surface area contributed by atoms with E-state index in [4.69, 9.17) is 5.73 Å². The van der Waals surface area contributed by atoms with Gasteiger partial charge in [-0.3, -0.25) is 0 Å². The van der Waals surface area contributed by atoms with Gasteiger partial charge in [0.05, 0.1) is 16.2 Å². The van der Waals surface area contributed by atoms with Gasteiger partial charge in [-0.2, -0.15) is 5.10 Å². The number of anilines is 1. The molecule has 2 N–H and O–H groups in total. The molecule has 96 valence electrons. The maximum Gasteiger partial charge on any atom is 0.137 e. The largest absolute Gasteiger partial charge is 0.383 e. The summed E-state index contributed by atoms with van der Waals surface area (Å²) >= 11 is 3.41. The minimum Gasteiger partial charge on any atom is -0.383 e. The van der Waals surface area contributed by atoms with Crippen molar-refractivity contribution < 1.29 is 4.39 Å². The fourth-order valence-corrected chi connectivity index (χ4v) is 2.28. The minimum absolute atomic E-state index is 0.0237. The third-order valence-electron chi connectivity index (χ3n) is 2.98. The molecule has 1 atom stereocenters. The van der Waals surface area contributed by atoms with Crippen LogP contribution in [0.5, 0.6) is 0 Å². The molecule has 1 heterocycles. The van der Waals surface area contributed by atoms with Gasteiger partial charge in [-0.25, -0.2) is 9.07 Å². The van der Waals surface area contributed by atoms with E-state index in [0.717, 1.165) is 22.2 Å². The molecule has 5 heteroatoms. The predicted molar refractivity (Wildman–Crippen MR) is 73.9 cm³/mol. The van der Waals surface area contributed by atoms with Crippen molar-refractivity contribution in [3.63, 3.8) is 0 Å². The van der Waals surface area contributed by atoms with Crippen molar-refractivity contribution in [1.82, 2.24) is 9.78 Å². The van der Waals surface area contributed by atoms with E-state index in [1.165, 1.54) is 12.1 Å². The molecule has 0 saturated heterocycles. The van der Waals surface area contributed by atoms with Crippen LogP contribution in [0.2, 0.25) is 0 Å². The summed E-state index contributed by atoms with van der Waals surface area (Å²) in [4.78, 5) is 0. The van der Waals surface area contributed by atoms with Crippen molar-refractivity contribution in [1.29, 1.82) is 0 Å². The number of hydrogen-bond acceptors (Lipinski definition) is 2. The maximum atomic E-state index is 12.9. The lowest BCUT2D eigenvalue weighted by atomic mass is 10.0. The highest BCUT2D eigenvalue weighted by molar-refractivity contribution is 9.10. The van der Waals surface area contributed by atoms with Gasteiger partial charge in [-0.15, -0.1) is 0 Å². The van der Waals surface area contributed by atoms with E-state index < -0.39 is 0 Å². The molecular formula is C13H15BrFN3. The monoisotopic (exact) mass is 311 g/mol. The number of aryl methyl sites for hydroxylation is 1. The third-order valence-corrected chi connectivity index (χ3v) is 3.96. The highest BCUT2D eigenvalue weighted by Crippen LogP contribution is 2.30. The van der Waals surface area contributed by atoms with Crippen LogP contribution in [0.25, 0.3) is 0 Å². The molecule has 0 bridgehead atoms. The average molecular weight is 312 g/mol. The van der Waals surface area contributed by atoms with Crippen molar-refractivity contribution in [2.24, 2.45) is 0 Å². The van der Waals surface area contributed by atoms with Crippen molar-refractivity contribution in [2.75, 3.05) is 5.73 Å². The number of halogens is 2. The maximum absolute atomic E-state index is 12.9. The number of benzene rings is 1. The first-order valence-corrected chi connectivity index (χ1v) is 6.59. The van der Waals surface area contributed by atoms with E-state index in [9.17, 15) is 4.39 Å². The predicted octanol–water partition coefficient (Wildman–Crippen LogP) is 3.67. The Bertz CT molecular complexity index is 548. The van der Waals surface area contributed by atoms with Gasteiger partial charge in [0.1, 0.15) is 11.6 Å². The Labute approximate surface area is 114 Å². The Morgan fingerprint density at radius 1 is 1.39 bits per heavy atom. The molecule has 0 spiro atoms. The van der Waals surface area contributed by atoms with Crippen molar-refractivity contribution >= 4 is 21.7 Å². The standard InChI is InChI=1S/C13H15BrFN3/c1-3-11(9-4-6-10(15)7-5-9)18-13(16)12(14)8(2)17-18/h4-7,11H,3,16H2,1-2H3. The van der Waals surface area contributed by atoms with Crippen LogP contribution >= 0.6 is 15.9 Å². The Balaban J connectivity index is 2.45. The SMILES string of the molecule is CCC(c1ccc(F)cc1)n1nc(C)c(Br)c1N. The third kappa shape index (κ3) is 2.27. The van der Waals surface area contributed by atoms with E-state index >= 15 is 0 Å². The van der Waals surface area contributed by atoms with E-state index in [-0.39, 0.29) is 11.9 Å². The topological polar surface area (TPSA) is 43.8 Å². The molecule has 0 aliphatic carbocycles. The lowest BCUT2D eigenvalue weighted by molar-refractivity contribution is 0.512. The van der Waals surface area contributed by atoms with Crippen LogP contribution in [0.15, 0.2) is 28.7 Å². The Kier molecular flexibility index (Phi) is 3.71. The molecule has 3 nitrogen and oxygen atoms in total. The second-order valence-electron chi connectivity index (χ2n) is 4.20. The second kappa shape index (κ2) is 5.10. The van der Waals surface area contributed by atoms with Gasteiger partial charge in [0.25, 0.3) is 0 Å². The van der Waals surface area contributed by atoms with Gasteiger partial charge in [-0.05, 0) is 47.0 Å². The van der Waals surface area contributed by atoms with Gasteiger partial charge in [0.15, 0.2) is 0 Å². The summed E-state index contributed by atoms with van der Waals surface area (Å²) in [6, 6.07) is 6.48. The van der Waals surface area contributed by atoms with Crippen molar-refractivity contribution in [3.05, 3.63) is 45.8 Å². The van der Waals surface area contributed by atoms with Gasteiger partial charge in [0.2, 0.25) is 0 Å². The molecule has 1 unspecified atom stereocenters. The molecule has 0 fully saturated rings. The number of aromatic nitrogens is 2. The summed E-state index contributed by atoms with van der Waals surface area (Å²) in [6.07, 6.45) is 0.837. The van der Waals surface area contributed by atoms with Gasteiger partial charge in [-0.1, -0.05) is 19.1 Å². The fourth-order valence-electron chi connectivity index (χ4n) is 2.02. The summed E-state index contributed by atoms with van der Waals surface area (Å²) in [5.41, 5.74) is 7.88. The molecule has 0 amide bonds. The summed E-state index contributed by atoms with van der Waals surface area (Å²) in [5, 5.41) is 4.43. The zero-order valence-electron chi connectivity index (χ0n) is 10.3. The Hall–Kier alpha value is -1.36. The van der Waals surface area contributed by atoms with Crippen LogP contribution in [0, 0.1) is 12.7 Å². The van der Waals surface area contributed by atoms with E-state index in [0.29, 0.717) is 5.82 Å². The smallest absolute Gasteiger partial charge is 0.137 e. The summed E-state index contributed by atoms with van der Waals surface area (Å²) in [5.74, 6) is 0.364. The highest BCUT2D eigenvalue weighted by atomic mass is 79.9. The fraction of sp³-hybridized carbons (Fsp3) is 0.308. The summed E-state index contributed by atoms with van der Waals surface area (Å²) < 4.78 is 15.6. The van der Waals surface area contributed by atoms with Gasteiger partial charge < -0.3 is 5.73 Å². The molecule has 1 aromatic heterocycles. The normalized spacial score (nSPS) is 12.7. The van der Waals surface area contributed by atoms with Crippen LogP contribution in [0.1, 0.15) is 30.6 Å². The first-order chi connectivity index (χ1) is 8.54. The lowest BCUT2D eigenvalue weighted by Crippen LogP contribution is -2.14. The van der Waals surface area contributed by atoms with E-state index in [2.05, 4.69) is 28.0 Å². The zero-order valence-corrected chi connectivity index (χ0v) is 11.9. The minimum atomic E-state index is -0.237. The Morgan fingerprint density at radius 2 is 2.00 bits per heavy atom. The van der Waals surface area contributed by atoms with Gasteiger partial charge in [0, 0.05) is 0 Å². The molecule has 2 rings (SSSR count). The van der Waals surface area contributed by atoms with E-state index in [1.807, 2.05) is 6.92 Å². The van der Waals surface area contributed by atoms with Crippen LogP contribution in [0.4, 0.5) is 10.2 Å². The zero-order chi connectivity index (χ0) is 13.3. The van der Waals surface area contributed by atoms with Gasteiger partial charge >= 0.3 is 0 Å². The molecule has 0 saturated carbocycles. The first kappa shape index (κ1) is 13.1. The van der Waals surface area contributed by atoms with E-state index in [1.54, 1.807) is 16.8 Å². The molecular weight excluding hydrogens is 297 g/mol. The van der Waals surface area contributed by atoms with Crippen molar-refractivity contribution in [3.8, 4) is 0 Å². The van der Waals surface area contributed by atoms with Crippen LogP contribution < -0.4 is 5.73 Å². The molecule has 1 aromatic carbocycles. The molecule has 18 heavy (non-hydrogen) atoms. The van der Waals surface area contributed by atoms with Crippen LogP contribution in [0.3, 0.4) is 0 Å². The molecule has 0 radical (unpaired) electrons. The van der Waals surface area contributed by atoms with Crippen LogP contribution in [-0.2, 0) is 0 Å². The first-order valence-electron chi connectivity index (χ1n) is 5.80. The summed E-state index contributed by atoms with van der Waals surface area (Å²) in [6.45, 7) is 3.95. The molecule has 0 aliphatic rings. The number of nitrogens with two attached hydrogens (primary N) is 1. The molecule has 2 aromatic rings. The number of nitrogen functional groups attached to an aromatic ring is 1. The summed E-state index contributed by atoms with van der Waals surface area (Å²) in [7, 11) is 0. The average Bonchev–Trinajstić information content (AvgIpc) is 2.61. The lowest BCUT2D eigenvalue weighted by Gasteiger charge is -2.17. The Morgan fingerprint density at radius 3 is 2.44 bits per heavy atom. The van der Waals surface area contributed by atoms with Crippen LogP contribution in [-0.4, -0.2) is 9.78 Å². The number of hydrogen-bond donors (Lipinski definition) is 1. The second-order valence-corrected chi connectivity index (χ2v) is 5.00. The van der Waals surface area contributed by atoms with Crippen molar-refractivity contribution in [2.45, 2.75) is 26.3 Å². The number of rotatable bonds is 3.